The van der Waals surface area contributed by atoms with Crippen LogP contribution in [-0.2, 0) is 23.1 Å². The fourth-order valence-corrected chi connectivity index (χ4v) is 2.57. The zero-order chi connectivity index (χ0) is 14.6. The Hall–Kier alpha value is -1.77. The Morgan fingerprint density at radius 1 is 1.35 bits per heavy atom. The van der Waals surface area contributed by atoms with Gasteiger partial charge in [0, 0.05) is 31.2 Å². The van der Waals surface area contributed by atoms with Gasteiger partial charge in [-0.05, 0) is 18.6 Å². The minimum Gasteiger partial charge on any atom is -0.329 e. The van der Waals surface area contributed by atoms with Crippen LogP contribution < -0.4 is 10.5 Å². The lowest BCUT2D eigenvalue weighted by Crippen LogP contribution is -2.23. The number of hydrogen-bond acceptors (Lipinski definition) is 5. The number of rotatable bonds is 6. The van der Waals surface area contributed by atoms with Crippen LogP contribution in [0.15, 0.2) is 35.6 Å². The molecule has 2 heterocycles. The van der Waals surface area contributed by atoms with Crippen LogP contribution in [0.2, 0.25) is 0 Å². The van der Waals surface area contributed by atoms with Gasteiger partial charge in [0.25, 0.3) is 0 Å². The maximum atomic E-state index is 12.1. The first-order valence-electron chi connectivity index (χ1n) is 6.15. The molecule has 3 N–H and O–H groups in total. The quantitative estimate of drug-likeness (QED) is 0.782. The molecule has 0 aliphatic carbocycles. The number of nitrogens with one attached hydrogen (secondary N) is 1. The van der Waals surface area contributed by atoms with Crippen molar-refractivity contribution >= 4 is 10.0 Å². The molecule has 0 bridgehead atoms. The SMILES string of the molecule is Cc1ccc(CNS(=O)(=O)c2cnn(CCN)c2)cn1. The first-order valence-corrected chi connectivity index (χ1v) is 7.63. The third-order valence-electron chi connectivity index (χ3n) is 2.72. The topological polar surface area (TPSA) is 103 Å². The highest BCUT2D eigenvalue weighted by atomic mass is 32.2. The van der Waals surface area contributed by atoms with Crippen molar-refractivity contribution < 1.29 is 8.42 Å². The van der Waals surface area contributed by atoms with Gasteiger partial charge in [-0.1, -0.05) is 6.07 Å². The number of sulfonamides is 1. The zero-order valence-electron chi connectivity index (χ0n) is 11.2. The second kappa shape index (κ2) is 6.12. The summed E-state index contributed by atoms with van der Waals surface area (Å²) in [4.78, 5) is 4.25. The Morgan fingerprint density at radius 3 is 2.80 bits per heavy atom. The molecule has 0 aromatic carbocycles. The molecule has 2 aromatic rings. The van der Waals surface area contributed by atoms with Gasteiger partial charge in [-0.25, -0.2) is 13.1 Å². The maximum Gasteiger partial charge on any atom is 0.243 e. The molecule has 0 spiro atoms. The van der Waals surface area contributed by atoms with Crippen molar-refractivity contribution in [3.8, 4) is 0 Å². The van der Waals surface area contributed by atoms with Crippen molar-refractivity contribution in [1.82, 2.24) is 19.5 Å². The predicted molar refractivity (Wildman–Crippen MR) is 74.3 cm³/mol. The largest absolute Gasteiger partial charge is 0.329 e. The van der Waals surface area contributed by atoms with Crippen molar-refractivity contribution in [3.05, 3.63) is 42.0 Å². The minimum absolute atomic E-state index is 0.131. The van der Waals surface area contributed by atoms with Crippen LogP contribution in [-0.4, -0.2) is 29.7 Å². The summed E-state index contributed by atoms with van der Waals surface area (Å²) in [6.07, 6.45) is 4.42. The fourth-order valence-electron chi connectivity index (χ4n) is 1.60. The van der Waals surface area contributed by atoms with E-state index >= 15 is 0 Å². The predicted octanol–water partition coefficient (Wildman–Crippen LogP) is 0.0237. The van der Waals surface area contributed by atoms with E-state index in [1.807, 2.05) is 19.1 Å². The van der Waals surface area contributed by atoms with Gasteiger partial charge >= 0.3 is 0 Å². The number of hydrogen-bond donors (Lipinski definition) is 2. The molecule has 7 nitrogen and oxygen atoms in total. The number of aryl methyl sites for hydroxylation is 1. The molecule has 0 fully saturated rings. The van der Waals surface area contributed by atoms with E-state index < -0.39 is 10.0 Å². The molecule has 0 amide bonds. The summed E-state index contributed by atoms with van der Waals surface area (Å²) in [5.41, 5.74) is 7.08. The fraction of sp³-hybridized carbons (Fsp3) is 0.333. The highest BCUT2D eigenvalue weighted by Gasteiger charge is 2.16. The average molecular weight is 295 g/mol. The Labute approximate surface area is 117 Å². The molecule has 0 aliphatic heterocycles. The highest BCUT2D eigenvalue weighted by molar-refractivity contribution is 7.89. The van der Waals surface area contributed by atoms with E-state index in [-0.39, 0.29) is 11.4 Å². The van der Waals surface area contributed by atoms with Gasteiger partial charge in [-0.2, -0.15) is 5.10 Å². The lowest BCUT2D eigenvalue weighted by atomic mass is 10.2. The van der Waals surface area contributed by atoms with Gasteiger partial charge in [-0.3, -0.25) is 9.67 Å². The smallest absolute Gasteiger partial charge is 0.243 e. The molecular formula is C12H17N5O2S. The van der Waals surface area contributed by atoms with Gasteiger partial charge in [0.15, 0.2) is 0 Å². The number of aromatic nitrogens is 3. The van der Waals surface area contributed by atoms with Crippen LogP contribution in [0.5, 0.6) is 0 Å². The Bertz CT molecular complexity index is 663. The zero-order valence-corrected chi connectivity index (χ0v) is 12.0. The van der Waals surface area contributed by atoms with Crippen LogP contribution >= 0.6 is 0 Å². The van der Waals surface area contributed by atoms with Gasteiger partial charge in [0.2, 0.25) is 10.0 Å². The van der Waals surface area contributed by atoms with Gasteiger partial charge in [-0.15, -0.1) is 0 Å². The highest BCUT2D eigenvalue weighted by Crippen LogP contribution is 2.08. The molecule has 0 radical (unpaired) electrons. The molecule has 8 heteroatoms. The second-order valence-electron chi connectivity index (χ2n) is 4.36. The maximum absolute atomic E-state index is 12.1. The van der Waals surface area contributed by atoms with E-state index in [9.17, 15) is 8.42 Å². The van der Waals surface area contributed by atoms with E-state index in [0.29, 0.717) is 13.1 Å². The van der Waals surface area contributed by atoms with E-state index in [2.05, 4.69) is 14.8 Å². The van der Waals surface area contributed by atoms with Crippen LogP contribution in [0.1, 0.15) is 11.3 Å². The molecule has 0 atom stereocenters. The van der Waals surface area contributed by atoms with Crippen LogP contribution in [0, 0.1) is 6.92 Å². The molecule has 20 heavy (non-hydrogen) atoms. The third-order valence-corrected chi connectivity index (χ3v) is 4.07. The van der Waals surface area contributed by atoms with Gasteiger partial charge in [0.1, 0.15) is 4.90 Å². The monoisotopic (exact) mass is 295 g/mol. The van der Waals surface area contributed by atoms with E-state index in [1.165, 1.54) is 17.1 Å². The summed E-state index contributed by atoms with van der Waals surface area (Å²) < 4.78 is 28.2. The van der Waals surface area contributed by atoms with Crippen LogP contribution in [0.4, 0.5) is 0 Å². The number of nitrogens with zero attached hydrogens (tertiary/aromatic N) is 3. The molecule has 0 aliphatic rings. The lowest BCUT2D eigenvalue weighted by molar-refractivity contribution is 0.580. The first kappa shape index (κ1) is 14.6. The first-order chi connectivity index (χ1) is 9.51. The summed E-state index contributed by atoms with van der Waals surface area (Å²) >= 11 is 0. The Morgan fingerprint density at radius 2 is 2.15 bits per heavy atom. The van der Waals surface area contributed by atoms with E-state index in [4.69, 9.17) is 5.73 Å². The van der Waals surface area contributed by atoms with Gasteiger partial charge < -0.3 is 5.73 Å². The van der Waals surface area contributed by atoms with Gasteiger partial charge in [0.05, 0.1) is 12.7 Å². The standard InChI is InChI=1S/C12H17N5O2S/c1-10-2-3-11(6-14-10)7-16-20(18,19)12-8-15-17(9-12)5-4-13/h2-3,6,8-9,16H,4-5,7,13H2,1H3. The summed E-state index contributed by atoms with van der Waals surface area (Å²) in [5.74, 6) is 0. The molecule has 0 unspecified atom stereocenters. The van der Waals surface area contributed by atoms with Crippen LogP contribution in [0.3, 0.4) is 0 Å². The minimum atomic E-state index is -3.57. The number of pyridine rings is 1. The van der Waals surface area contributed by atoms with Crippen molar-refractivity contribution in [2.45, 2.75) is 24.9 Å². The van der Waals surface area contributed by atoms with Crippen molar-refractivity contribution in [3.63, 3.8) is 0 Å². The van der Waals surface area contributed by atoms with Crippen molar-refractivity contribution in [2.75, 3.05) is 6.54 Å². The molecule has 0 saturated carbocycles. The van der Waals surface area contributed by atoms with E-state index in [1.54, 1.807) is 6.20 Å². The molecular weight excluding hydrogens is 278 g/mol. The van der Waals surface area contributed by atoms with Crippen molar-refractivity contribution in [2.24, 2.45) is 5.73 Å². The van der Waals surface area contributed by atoms with E-state index in [0.717, 1.165) is 11.3 Å². The summed E-state index contributed by atoms with van der Waals surface area (Å²) in [5, 5.41) is 3.94. The lowest BCUT2D eigenvalue weighted by Gasteiger charge is -2.04. The summed E-state index contributed by atoms with van der Waals surface area (Å²) in [7, 11) is -3.57. The average Bonchev–Trinajstić information content (AvgIpc) is 2.88. The molecule has 0 saturated heterocycles. The molecule has 2 aromatic heterocycles. The summed E-state index contributed by atoms with van der Waals surface area (Å²) in [6.45, 7) is 2.96. The molecule has 108 valence electrons. The normalized spacial score (nSPS) is 11.7. The Kier molecular flexibility index (Phi) is 4.48. The molecule has 2 rings (SSSR count). The summed E-state index contributed by atoms with van der Waals surface area (Å²) in [6, 6.07) is 3.67. The van der Waals surface area contributed by atoms with Crippen molar-refractivity contribution in [1.29, 1.82) is 0 Å². The van der Waals surface area contributed by atoms with Crippen LogP contribution in [0.25, 0.3) is 0 Å². The second-order valence-corrected chi connectivity index (χ2v) is 6.13. The third kappa shape index (κ3) is 3.62. The number of nitrogens with two attached hydrogens (primary N) is 1. The Balaban J connectivity index is 2.04.